The van der Waals surface area contributed by atoms with Gasteiger partial charge in [-0.2, -0.15) is 4.98 Å². The van der Waals surface area contributed by atoms with Crippen LogP contribution in [-0.4, -0.2) is 34.8 Å². The van der Waals surface area contributed by atoms with Gasteiger partial charge in [-0.1, -0.05) is 0 Å². The molecule has 1 heterocycles. The molecule has 0 aromatic carbocycles. The highest BCUT2D eigenvalue weighted by Gasteiger charge is 2.30. The fraction of sp³-hybridized carbons (Fsp3) is 0.545. The van der Waals surface area contributed by atoms with Gasteiger partial charge in [-0.15, -0.1) is 0 Å². The number of nitro groups is 1. The molecule has 1 atom stereocenters. The Hall–Kier alpha value is -1.89. The highest BCUT2D eigenvalue weighted by atomic mass is 16.6. The lowest BCUT2D eigenvalue weighted by atomic mass is 10.2. The van der Waals surface area contributed by atoms with Crippen molar-refractivity contribution in [2.24, 2.45) is 5.92 Å². The summed E-state index contributed by atoms with van der Waals surface area (Å²) in [5, 5.41) is 23.4. The molecule has 0 bridgehead atoms. The van der Waals surface area contributed by atoms with Crippen LogP contribution in [0.3, 0.4) is 0 Å². The standard InChI is InChI=1S/C11H15N3O4/c1-18-10-5-4-8(14(16)17)11(13-10)12-6-9(15)7-2-3-7/h4-5,7,9,15H,2-3,6H2,1H3,(H,12,13). The second-order valence-corrected chi connectivity index (χ2v) is 4.26. The van der Waals surface area contributed by atoms with Crippen molar-refractivity contribution in [1.82, 2.24) is 4.98 Å². The van der Waals surface area contributed by atoms with E-state index in [0.29, 0.717) is 11.8 Å². The molecule has 0 aliphatic heterocycles. The zero-order valence-electron chi connectivity index (χ0n) is 10.00. The summed E-state index contributed by atoms with van der Waals surface area (Å²) in [5.41, 5.74) is -0.126. The number of aliphatic hydroxyl groups excluding tert-OH is 1. The van der Waals surface area contributed by atoms with E-state index in [9.17, 15) is 15.2 Å². The maximum absolute atomic E-state index is 10.8. The van der Waals surface area contributed by atoms with Gasteiger partial charge < -0.3 is 15.2 Å². The maximum atomic E-state index is 10.8. The Bertz CT molecular complexity index is 448. The van der Waals surface area contributed by atoms with Crippen molar-refractivity contribution in [3.8, 4) is 5.88 Å². The van der Waals surface area contributed by atoms with Crippen LogP contribution in [0.1, 0.15) is 12.8 Å². The van der Waals surface area contributed by atoms with Crippen LogP contribution in [0.15, 0.2) is 12.1 Å². The summed E-state index contributed by atoms with van der Waals surface area (Å²) in [5.74, 6) is 0.727. The first-order valence-corrected chi connectivity index (χ1v) is 5.73. The van der Waals surface area contributed by atoms with Gasteiger partial charge in [0.15, 0.2) is 0 Å². The summed E-state index contributed by atoms with van der Waals surface area (Å²) in [6.07, 6.45) is 1.53. The summed E-state index contributed by atoms with van der Waals surface area (Å²) >= 11 is 0. The molecule has 1 aliphatic carbocycles. The number of nitrogens with one attached hydrogen (secondary N) is 1. The molecule has 1 saturated carbocycles. The number of ether oxygens (including phenoxy) is 1. The van der Waals surface area contributed by atoms with Crippen molar-refractivity contribution >= 4 is 11.5 Å². The minimum Gasteiger partial charge on any atom is -0.481 e. The average molecular weight is 253 g/mol. The minimum absolute atomic E-state index is 0.124. The van der Waals surface area contributed by atoms with Crippen LogP contribution in [0.2, 0.25) is 0 Å². The highest BCUT2D eigenvalue weighted by Crippen LogP contribution is 2.33. The molecule has 2 N–H and O–H groups in total. The number of nitrogens with zero attached hydrogens (tertiary/aromatic N) is 2. The van der Waals surface area contributed by atoms with Crippen LogP contribution in [0.4, 0.5) is 11.5 Å². The van der Waals surface area contributed by atoms with Gasteiger partial charge in [0.1, 0.15) is 0 Å². The molecule has 1 aliphatic rings. The number of aromatic nitrogens is 1. The largest absolute Gasteiger partial charge is 0.481 e. The molecule has 1 unspecified atom stereocenters. The number of methoxy groups -OCH3 is 1. The van der Waals surface area contributed by atoms with Gasteiger partial charge in [-0.3, -0.25) is 10.1 Å². The summed E-state index contributed by atoms with van der Waals surface area (Å²) < 4.78 is 4.92. The Morgan fingerprint density at radius 3 is 2.94 bits per heavy atom. The van der Waals surface area contributed by atoms with Crippen molar-refractivity contribution < 1.29 is 14.8 Å². The summed E-state index contributed by atoms with van der Waals surface area (Å²) in [4.78, 5) is 14.3. The molecule has 7 heteroatoms. The van der Waals surface area contributed by atoms with E-state index in [0.717, 1.165) is 12.8 Å². The van der Waals surface area contributed by atoms with E-state index >= 15 is 0 Å². The van der Waals surface area contributed by atoms with Crippen molar-refractivity contribution in [2.45, 2.75) is 18.9 Å². The lowest BCUT2D eigenvalue weighted by Crippen LogP contribution is -2.22. The van der Waals surface area contributed by atoms with Gasteiger partial charge in [0.25, 0.3) is 0 Å². The summed E-state index contributed by atoms with van der Waals surface area (Å²) in [7, 11) is 1.44. The Balaban J connectivity index is 2.09. The molecule has 98 valence electrons. The second-order valence-electron chi connectivity index (χ2n) is 4.26. The van der Waals surface area contributed by atoms with Crippen molar-refractivity contribution in [3.05, 3.63) is 22.2 Å². The minimum atomic E-state index is -0.516. The lowest BCUT2D eigenvalue weighted by Gasteiger charge is -2.11. The van der Waals surface area contributed by atoms with E-state index in [1.807, 2.05) is 0 Å². The fourth-order valence-corrected chi connectivity index (χ4v) is 1.67. The van der Waals surface area contributed by atoms with E-state index in [1.165, 1.54) is 19.2 Å². The first-order chi connectivity index (χ1) is 8.61. The van der Waals surface area contributed by atoms with Gasteiger partial charge in [0.2, 0.25) is 11.7 Å². The third kappa shape index (κ3) is 2.86. The molecule has 0 radical (unpaired) electrons. The lowest BCUT2D eigenvalue weighted by molar-refractivity contribution is -0.384. The maximum Gasteiger partial charge on any atom is 0.311 e. The molecule has 7 nitrogen and oxygen atoms in total. The SMILES string of the molecule is COc1ccc([N+](=O)[O-])c(NCC(O)C2CC2)n1. The summed E-state index contributed by atoms with van der Waals surface area (Å²) in [6.45, 7) is 0.256. The number of aliphatic hydroxyl groups is 1. The molecular formula is C11H15N3O4. The number of rotatable bonds is 6. The van der Waals surface area contributed by atoms with Crippen LogP contribution < -0.4 is 10.1 Å². The molecular weight excluding hydrogens is 238 g/mol. The van der Waals surface area contributed by atoms with Gasteiger partial charge in [0.05, 0.1) is 18.1 Å². The first kappa shape index (κ1) is 12.6. The van der Waals surface area contributed by atoms with Gasteiger partial charge in [-0.25, -0.2) is 0 Å². The predicted octanol–water partition coefficient (Wildman–Crippen LogP) is 1.18. The van der Waals surface area contributed by atoms with Crippen molar-refractivity contribution in [1.29, 1.82) is 0 Å². The molecule has 1 fully saturated rings. The highest BCUT2D eigenvalue weighted by molar-refractivity contribution is 5.57. The Morgan fingerprint density at radius 1 is 1.67 bits per heavy atom. The Labute approximate surface area is 104 Å². The third-order valence-electron chi connectivity index (χ3n) is 2.90. The number of hydrogen-bond acceptors (Lipinski definition) is 6. The third-order valence-corrected chi connectivity index (χ3v) is 2.90. The molecule has 1 aromatic rings. The molecule has 0 spiro atoms. The van der Waals surface area contributed by atoms with E-state index in [1.54, 1.807) is 0 Å². The van der Waals surface area contributed by atoms with E-state index in [-0.39, 0.29) is 18.1 Å². The Kier molecular flexibility index (Phi) is 3.61. The average Bonchev–Trinajstić information content (AvgIpc) is 3.19. The van der Waals surface area contributed by atoms with E-state index < -0.39 is 11.0 Å². The van der Waals surface area contributed by atoms with Crippen LogP contribution in [-0.2, 0) is 0 Å². The number of anilines is 1. The molecule has 1 aromatic heterocycles. The van der Waals surface area contributed by atoms with Gasteiger partial charge in [-0.05, 0) is 18.8 Å². The van der Waals surface area contributed by atoms with Crippen molar-refractivity contribution in [2.75, 3.05) is 19.0 Å². The van der Waals surface area contributed by atoms with Crippen LogP contribution in [0, 0.1) is 16.0 Å². The predicted molar refractivity (Wildman–Crippen MR) is 64.7 cm³/mol. The number of hydrogen-bond donors (Lipinski definition) is 2. The first-order valence-electron chi connectivity index (χ1n) is 5.73. The normalized spacial score (nSPS) is 16.1. The van der Waals surface area contributed by atoms with E-state index in [2.05, 4.69) is 10.3 Å². The van der Waals surface area contributed by atoms with Crippen LogP contribution in [0.5, 0.6) is 5.88 Å². The van der Waals surface area contributed by atoms with Gasteiger partial charge in [0, 0.05) is 18.7 Å². The van der Waals surface area contributed by atoms with Crippen molar-refractivity contribution in [3.63, 3.8) is 0 Å². The summed E-state index contributed by atoms with van der Waals surface area (Å²) in [6, 6.07) is 2.76. The van der Waals surface area contributed by atoms with Crippen LogP contribution >= 0.6 is 0 Å². The molecule has 18 heavy (non-hydrogen) atoms. The zero-order valence-corrected chi connectivity index (χ0v) is 10.00. The fourth-order valence-electron chi connectivity index (χ4n) is 1.67. The van der Waals surface area contributed by atoms with E-state index in [4.69, 9.17) is 4.74 Å². The molecule has 2 rings (SSSR count). The quantitative estimate of drug-likeness (QED) is 0.583. The van der Waals surface area contributed by atoms with Crippen LogP contribution in [0.25, 0.3) is 0 Å². The topological polar surface area (TPSA) is 97.5 Å². The monoisotopic (exact) mass is 253 g/mol. The second kappa shape index (κ2) is 5.18. The molecule has 0 amide bonds. The Morgan fingerprint density at radius 2 is 2.39 bits per heavy atom. The molecule has 0 saturated heterocycles. The smallest absolute Gasteiger partial charge is 0.311 e. The zero-order chi connectivity index (χ0) is 13.1. The van der Waals surface area contributed by atoms with Gasteiger partial charge >= 0.3 is 5.69 Å². The number of pyridine rings is 1.